The number of anilines is 1. The molecule has 1 atom stereocenters. The number of hydrogen-bond donors (Lipinski definition) is 0. The normalized spacial score (nSPS) is 23.7. The van der Waals surface area contributed by atoms with Crippen molar-refractivity contribution < 1.29 is 14.3 Å². The van der Waals surface area contributed by atoms with Crippen LogP contribution in [0.25, 0.3) is 0 Å². The average molecular weight is 322 g/mol. The molecule has 0 N–H and O–H groups in total. The van der Waals surface area contributed by atoms with Crippen molar-refractivity contribution in [2.75, 3.05) is 25.2 Å². The van der Waals surface area contributed by atoms with E-state index < -0.39 is 5.41 Å². The van der Waals surface area contributed by atoms with Gasteiger partial charge in [0.25, 0.3) is 0 Å². The van der Waals surface area contributed by atoms with Crippen LogP contribution in [0, 0.1) is 0 Å². The number of aromatic nitrogens is 1. The quantitative estimate of drug-likeness (QED) is 0.809. The molecule has 1 spiro atoms. The van der Waals surface area contributed by atoms with Gasteiger partial charge < -0.3 is 14.4 Å². The largest absolute Gasteiger partial charge is 0.490 e. The fraction of sp³-hybridized carbons (Fsp3) is 0.368. The molecule has 122 valence electrons. The molecule has 4 heterocycles. The zero-order chi connectivity index (χ0) is 16.3. The van der Waals surface area contributed by atoms with E-state index >= 15 is 0 Å². The number of carbonyl (C=O) groups is 1. The van der Waals surface area contributed by atoms with E-state index in [1.165, 1.54) is 5.56 Å². The number of hydrogen-bond acceptors (Lipinski definition) is 4. The summed E-state index contributed by atoms with van der Waals surface area (Å²) in [5.41, 5.74) is 3.24. The van der Waals surface area contributed by atoms with Gasteiger partial charge in [-0.2, -0.15) is 0 Å². The first-order valence-corrected chi connectivity index (χ1v) is 8.38. The molecule has 0 bridgehead atoms. The van der Waals surface area contributed by atoms with Crippen LogP contribution in [0.3, 0.4) is 0 Å². The zero-order valence-electron chi connectivity index (χ0n) is 13.5. The van der Waals surface area contributed by atoms with E-state index in [-0.39, 0.29) is 5.91 Å². The molecular weight excluding hydrogens is 304 g/mol. The van der Waals surface area contributed by atoms with E-state index in [0.717, 1.165) is 37.1 Å². The van der Waals surface area contributed by atoms with Crippen LogP contribution in [0.1, 0.15) is 29.7 Å². The summed E-state index contributed by atoms with van der Waals surface area (Å²) in [6.45, 7) is 1.08. The van der Waals surface area contributed by atoms with Crippen LogP contribution in [-0.2, 0) is 16.6 Å². The molecule has 3 aliphatic rings. The highest BCUT2D eigenvalue weighted by molar-refractivity contribution is 6.12. The number of ether oxygens (including phenoxy) is 2. The summed E-state index contributed by atoms with van der Waals surface area (Å²) in [5, 5.41) is 0. The Bertz CT molecular complexity index is 864. The highest BCUT2D eigenvalue weighted by Crippen LogP contribution is 2.53. The molecular formula is C19H18N2O3. The molecule has 0 radical (unpaired) electrons. The summed E-state index contributed by atoms with van der Waals surface area (Å²) in [7, 11) is 1.59. The summed E-state index contributed by atoms with van der Waals surface area (Å²) in [5.74, 6) is 1.28. The van der Waals surface area contributed by atoms with Gasteiger partial charge in [0, 0.05) is 18.2 Å². The summed E-state index contributed by atoms with van der Waals surface area (Å²) in [4.78, 5) is 20.0. The van der Waals surface area contributed by atoms with E-state index in [2.05, 4.69) is 23.2 Å². The maximum absolute atomic E-state index is 13.5. The van der Waals surface area contributed by atoms with Crippen molar-refractivity contribution in [3.05, 3.63) is 47.2 Å². The minimum Gasteiger partial charge on any atom is -0.490 e. The van der Waals surface area contributed by atoms with Gasteiger partial charge in [0.05, 0.1) is 12.8 Å². The van der Waals surface area contributed by atoms with Gasteiger partial charge in [-0.15, -0.1) is 0 Å². The Hall–Kier alpha value is -2.56. The first kappa shape index (κ1) is 13.8. The number of rotatable bonds is 1. The third-order valence-electron chi connectivity index (χ3n) is 5.43. The highest BCUT2D eigenvalue weighted by atomic mass is 16.5. The van der Waals surface area contributed by atoms with Gasteiger partial charge in [0.15, 0.2) is 5.41 Å². The van der Waals surface area contributed by atoms with Gasteiger partial charge >= 0.3 is 0 Å². The predicted octanol–water partition coefficient (Wildman–Crippen LogP) is 2.45. The molecule has 1 amide bonds. The Morgan fingerprint density at radius 2 is 2.17 bits per heavy atom. The molecule has 0 saturated heterocycles. The van der Waals surface area contributed by atoms with E-state index in [4.69, 9.17) is 9.47 Å². The lowest BCUT2D eigenvalue weighted by Gasteiger charge is -2.22. The third-order valence-corrected chi connectivity index (χ3v) is 5.43. The van der Waals surface area contributed by atoms with Crippen LogP contribution in [0.4, 0.5) is 5.69 Å². The molecule has 1 unspecified atom stereocenters. The number of para-hydroxylation sites is 1. The zero-order valence-corrected chi connectivity index (χ0v) is 13.5. The predicted molar refractivity (Wildman–Crippen MR) is 88.8 cm³/mol. The smallest absolute Gasteiger partial charge is 0.247 e. The lowest BCUT2D eigenvalue weighted by Crippen LogP contribution is -2.43. The Balaban J connectivity index is 1.80. The van der Waals surface area contributed by atoms with Crippen molar-refractivity contribution in [3.8, 4) is 11.6 Å². The lowest BCUT2D eigenvalue weighted by atomic mass is 9.79. The first-order chi connectivity index (χ1) is 11.8. The topological polar surface area (TPSA) is 51.7 Å². The van der Waals surface area contributed by atoms with Gasteiger partial charge in [-0.05, 0) is 30.9 Å². The fourth-order valence-corrected chi connectivity index (χ4v) is 4.29. The van der Waals surface area contributed by atoms with Crippen molar-refractivity contribution >= 4 is 11.6 Å². The number of methoxy groups -OCH3 is 1. The van der Waals surface area contributed by atoms with Gasteiger partial charge in [0.1, 0.15) is 18.1 Å². The van der Waals surface area contributed by atoms with Crippen LogP contribution in [0.15, 0.2) is 30.3 Å². The van der Waals surface area contributed by atoms with Crippen LogP contribution >= 0.6 is 0 Å². The Kier molecular flexibility index (Phi) is 2.72. The number of carbonyl (C=O) groups excluding carboxylic acids is 1. The molecule has 0 fully saturated rings. The minimum absolute atomic E-state index is 0.0892. The Labute approximate surface area is 140 Å². The van der Waals surface area contributed by atoms with E-state index in [0.29, 0.717) is 23.9 Å². The van der Waals surface area contributed by atoms with Crippen LogP contribution in [-0.4, -0.2) is 31.2 Å². The molecule has 3 aliphatic heterocycles. The summed E-state index contributed by atoms with van der Waals surface area (Å²) in [6, 6.07) is 9.87. The molecule has 0 aliphatic carbocycles. The number of amides is 1. The third kappa shape index (κ3) is 1.54. The van der Waals surface area contributed by atoms with Crippen LogP contribution < -0.4 is 14.4 Å². The number of pyridine rings is 1. The first-order valence-electron chi connectivity index (χ1n) is 8.38. The van der Waals surface area contributed by atoms with Crippen molar-refractivity contribution in [1.82, 2.24) is 4.98 Å². The lowest BCUT2D eigenvalue weighted by molar-refractivity contribution is -0.122. The van der Waals surface area contributed by atoms with E-state index in [1.54, 1.807) is 13.2 Å². The highest BCUT2D eigenvalue weighted by Gasteiger charge is 2.58. The van der Waals surface area contributed by atoms with Crippen LogP contribution in [0.2, 0.25) is 0 Å². The molecule has 5 nitrogen and oxygen atoms in total. The molecule has 5 rings (SSSR count). The molecule has 5 heteroatoms. The summed E-state index contributed by atoms with van der Waals surface area (Å²) in [6.07, 6.45) is 3.16. The maximum Gasteiger partial charge on any atom is 0.247 e. The van der Waals surface area contributed by atoms with E-state index in [9.17, 15) is 4.79 Å². The van der Waals surface area contributed by atoms with E-state index in [1.807, 2.05) is 11.0 Å². The Morgan fingerprint density at radius 3 is 3.04 bits per heavy atom. The second kappa shape index (κ2) is 4.72. The summed E-state index contributed by atoms with van der Waals surface area (Å²) >= 11 is 0. The SMILES string of the molecule is COc1ccc2c(n1)C1(CO2)C(=O)N2CCCCc3cccc1c32. The van der Waals surface area contributed by atoms with Gasteiger partial charge in [-0.1, -0.05) is 18.2 Å². The van der Waals surface area contributed by atoms with Gasteiger partial charge in [-0.25, -0.2) is 4.98 Å². The van der Waals surface area contributed by atoms with Crippen LogP contribution in [0.5, 0.6) is 11.6 Å². The van der Waals surface area contributed by atoms with Gasteiger partial charge in [-0.3, -0.25) is 4.79 Å². The Morgan fingerprint density at radius 1 is 1.25 bits per heavy atom. The second-order valence-corrected chi connectivity index (χ2v) is 6.62. The van der Waals surface area contributed by atoms with Crippen molar-refractivity contribution in [2.45, 2.75) is 24.7 Å². The number of benzene rings is 1. The average Bonchev–Trinajstić information content (AvgIpc) is 3.00. The second-order valence-electron chi connectivity index (χ2n) is 6.62. The number of fused-ring (bicyclic) bond motifs is 3. The van der Waals surface area contributed by atoms with Crippen molar-refractivity contribution in [3.63, 3.8) is 0 Å². The summed E-state index contributed by atoms with van der Waals surface area (Å²) < 4.78 is 11.2. The molecule has 24 heavy (non-hydrogen) atoms. The van der Waals surface area contributed by atoms with Crippen molar-refractivity contribution in [2.24, 2.45) is 0 Å². The fourth-order valence-electron chi connectivity index (χ4n) is 4.29. The monoisotopic (exact) mass is 322 g/mol. The number of nitrogens with zero attached hydrogens (tertiary/aromatic N) is 2. The van der Waals surface area contributed by atoms with Gasteiger partial charge in [0.2, 0.25) is 11.8 Å². The maximum atomic E-state index is 13.5. The molecule has 1 aromatic carbocycles. The molecule has 1 aromatic heterocycles. The molecule has 0 saturated carbocycles. The molecule has 2 aromatic rings. The van der Waals surface area contributed by atoms with Crippen molar-refractivity contribution in [1.29, 1.82) is 0 Å². The number of aryl methyl sites for hydroxylation is 1. The standard InChI is InChI=1S/C19H18N2O3/c1-23-15-9-8-14-17(20-15)19(11-24-14)13-7-4-6-12-5-2-3-10-21(16(12)13)18(19)22/h4,6-9H,2-3,5,10-11H2,1H3. The minimum atomic E-state index is -0.827.